The van der Waals surface area contributed by atoms with Crippen molar-refractivity contribution in [3.63, 3.8) is 0 Å². The van der Waals surface area contributed by atoms with Gasteiger partial charge in [0.25, 0.3) is 0 Å². The maximum Gasteiger partial charge on any atom is 0.170 e. The average Bonchev–Trinajstić information content (AvgIpc) is 2.70. The summed E-state index contributed by atoms with van der Waals surface area (Å²) >= 11 is 5.97. The molecule has 4 nitrogen and oxygen atoms in total. The highest BCUT2D eigenvalue weighted by molar-refractivity contribution is 6.31. The van der Waals surface area contributed by atoms with Crippen LogP contribution in [0.1, 0.15) is 10.5 Å². The van der Waals surface area contributed by atoms with E-state index in [1.165, 1.54) is 0 Å². The molecule has 0 saturated heterocycles. The molecule has 1 heterocycles. The number of hydrogen-bond donors (Lipinski definition) is 0. The van der Waals surface area contributed by atoms with Crippen LogP contribution in [0.5, 0.6) is 5.75 Å². The van der Waals surface area contributed by atoms with Crippen LogP contribution in [0.15, 0.2) is 24.5 Å². The first-order valence-corrected chi connectivity index (χ1v) is 5.35. The third kappa shape index (κ3) is 2.03. The molecular formula is C12H11ClN2O2. The minimum absolute atomic E-state index is 0.369. The molecule has 0 fully saturated rings. The number of aldehydes is 1. The van der Waals surface area contributed by atoms with Gasteiger partial charge < -0.3 is 9.30 Å². The fraction of sp³-hybridized carbons (Fsp3) is 0.167. The van der Waals surface area contributed by atoms with Gasteiger partial charge in [0.2, 0.25) is 0 Å². The monoisotopic (exact) mass is 250 g/mol. The third-order valence-corrected chi connectivity index (χ3v) is 2.73. The summed E-state index contributed by atoms with van der Waals surface area (Å²) in [7, 11) is 3.39. The number of aryl methyl sites for hydroxylation is 1. The van der Waals surface area contributed by atoms with Crippen LogP contribution in [-0.2, 0) is 7.05 Å². The van der Waals surface area contributed by atoms with Crippen molar-refractivity contribution in [3.05, 3.63) is 35.2 Å². The van der Waals surface area contributed by atoms with Gasteiger partial charge in [0, 0.05) is 17.6 Å². The lowest BCUT2D eigenvalue weighted by molar-refractivity contribution is 0.112. The lowest BCUT2D eigenvalue weighted by Crippen LogP contribution is -1.96. The molecule has 0 spiro atoms. The Bertz CT molecular complexity index is 564. The van der Waals surface area contributed by atoms with Crippen molar-refractivity contribution in [1.29, 1.82) is 0 Å². The second-order valence-corrected chi connectivity index (χ2v) is 3.99. The predicted octanol–water partition coefficient (Wildman–Crippen LogP) is 2.56. The van der Waals surface area contributed by atoms with E-state index in [2.05, 4.69) is 4.98 Å². The number of methoxy groups -OCH3 is 1. The van der Waals surface area contributed by atoms with E-state index in [1.807, 2.05) is 7.05 Å². The highest BCUT2D eigenvalue weighted by atomic mass is 35.5. The number of benzene rings is 1. The molecule has 0 radical (unpaired) electrons. The van der Waals surface area contributed by atoms with Gasteiger partial charge in [0.05, 0.1) is 19.1 Å². The zero-order valence-corrected chi connectivity index (χ0v) is 10.2. The first kappa shape index (κ1) is 11.7. The van der Waals surface area contributed by atoms with E-state index in [0.717, 1.165) is 11.8 Å². The number of rotatable bonds is 3. The fourth-order valence-corrected chi connectivity index (χ4v) is 1.90. The van der Waals surface area contributed by atoms with Crippen molar-refractivity contribution < 1.29 is 9.53 Å². The highest BCUT2D eigenvalue weighted by Gasteiger charge is 2.15. The molecular weight excluding hydrogens is 240 g/mol. The maximum atomic E-state index is 10.9. The molecule has 0 aliphatic carbocycles. The van der Waals surface area contributed by atoms with E-state index in [4.69, 9.17) is 16.3 Å². The number of aromatic nitrogens is 2. The van der Waals surface area contributed by atoms with E-state index >= 15 is 0 Å². The molecule has 0 unspecified atom stereocenters. The largest absolute Gasteiger partial charge is 0.496 e. The molecule has 0 aliphatic heterocycles. The van der Waals surface area contributed by atoms with E-state index in [-0.39, 0.29) is 0 Å². The number of imidazole rings is 1. The molecule has 17 heavy (non-hydrogen) atoms. The number of carbonyl (C=O) groups is 1. The first-order valence-electron chi connectivity index (χ1n) is 4.97. The molecule has 0 amide bonds. The lowest BCUT2D eigenvalue weighted by Gasteiger charge is -2.10. The second kappa shape index (κ2) is 4.59. The molecule has 0 bridgehead atoms. The van der Waals surface area contributed by atoms with Crippen LogP contribution in [0.3, 0.4) is 0 Å². The molecule has 1 aromatic heterocycles. The summed E-state index contributed by atoms with van der Waals surface area (Å²) in [5, 5.41) is 0.582. The van der Waals surface area contributed by atoms with Crippen LogP contribution in [-0.4, -0.2) is 22.9 Å². The number of halogens is 1. The van der Waals surface area contributed by atoms with Gasteiger partial charge in [-0.05, 0) is 18.2 Å². The van der Waals surface area contributed by atoms with Gasteiger partial charge >= 0.3 is 0 Å². The number of ether oxygens (including phenoxy) is 1. The average molecular weight is 251 g/mol. The summed E-state index contributed by atoms with van der Waals surface area (Å²) in [5.41, 5.74) is 1.81. The van der Waals surface area contributed by atoms with Crippen molar-refractivity contribution in [2.75, 3.05) is 7.11 Å². The highest BCUT2D eigenvalue weighted by Crippen LogP contribution is 2.33. The van der Waals surface area contributed by atoms with Gasteiger partial charge in [-0.3, -0.25) is 4.79 Å². The van der Waals surface area contributed by atoms with Gasteiger partial charge in [-0.15, -0.1) is 0 Å². The predicted molar refractivity (Wildman–Crippen MR) is 65.6 cm³/mol. The van der Waals surface area contributed by atoms with Gasteiger partial charge in [-0.25, -0.2) is 4.98 Å². The first-order chi connectivity index (χ1) is 8.17. The molecule has 1 aromatic carbocycles. The van der Waals surface area contributed by atoms with Gasteiger partial charge in [-0.1, -0.05) is 11.6 Å². The van der Waals surface area contributed by atoms with Crippen LogP contribution in [0.4, 0.5) is 0 Å². The lowest BCUT2D eigenvalue weighted by atomic mass is 10.1. The van der Waals surface area contributed by atoms with E-state index in [1.54, 1.807) is 36.2 Å². The number of carbonyl (C=O) groups excluding carboxylic acids is 1. The topological polar surface area (TPSA) is 44.1 Å². The maximum absolute atomic E-state index is 10.9. The Kier molecular flexibility index (Phi) is 3.15. The SMILES string of the molecule is COc1ccc(Cl)cc1-c1c(C=O)ncn1C. The molecule has 0 atom stereocenters. The van der Waals surface area contributed by atoms with Gasteiger partial charge in [0.1, 0.15) is 11.4 Å². The van der Waals surface area contributed by atoms with Crippen molar-refractivity contribution in [2.45, 2.75) is 0 Å². The Morgan fingerprint density at radius 3 is 2.88 bits per heavy atom. The zero-order valence-electron chi connectivity index (χ0n) is 9.48. The summed E-state index contributed by atoms with van der Waals surface area (Å²) in [6, 6.07) is 5.25. The second-order valence-electron chi connectivity index (χ2n) is 3.55. The van der Waals surface area contributed by atoms with E-state index in [9.17, 15) is 4.79 Å². The fourth-order valence-electron chi connectivity index (χ4n) is 1.73. The van der Waals surface area contributed by atoms with Crippen LogP contribution < -0.4 is 4.74 Å². The van der Waals surface area contributed by atoms with Crippen molar-refractivity contribution >= 4 is 17.9 Å². The molecule has 0 saturated carbocycles. The molecule has 88 valence electrons. The summed E-state index contributed by atoms with van der Waals surface area (Å²) in [6.45, 7) is 0. The Hall–Kier alpha value is -1.81. The zero-order chi connectivity index (χ0) is 12.4. The minimum Gasteiger partial charge on any atom is -0.496 e. The van der Waals surface area contributed by atoms with Crippen LogP contribution in [0.25, 0.3) is 11.3 Å². The van der Waals surface area contributed by atoms with Crippen LogP contribution >= 0.6 is 11.6 Å². The summed E-state index contributed by atoms with van der Waals surface area (Å²) in [6.07, 6.45) is 2.30. The Balaban J connectivity index is 2.70. The molecule has 0 N–H and O–H groups in total. The molecule has 2 rings (SSSR count). The van der Waals surface area contributed by atoms with Gasteiger partial charge in [0.15, 0.2) is 6.29 Å². The normalized spacial score (nSPS) is 10.3. The molecule has 2 aromatic rings. The smallest absolute Gasteiger partial charge is 0.170 e. The number of nitrogens with zero attached hydrogens (tertiary/aromatic N) is 2. The van der Waals surface area contributed by atoms with Crippen LogP contribution in [0.2, 0.25) is 5.02 Å². The standard InChI is InChI=1S/C12H11ClN2O2/c1-15-7-14-10(6-16)12(15)9-5-8(13)3-4-11(9)17-2/h3-7H,1-2H3. The van der Waals surface area contributed by atoms with E-state index in [0.29, 0.717) is 22.2 Å². The third-order valence-electron chi connectivity index (χ3n) is 2.49. The van der Waals surface area contributed by atoms with Crippen LogP contribution in [0, 0.1) is 0 Å². The quantitative estimate of drug-likeness (QED) is 0.787. The summed E-state index contributed by atoms with van der Waals surface area (Å²) in [5.74, 6) is 0.654. The van der Waals surface area contributed by atoms with Gasteiger partial charge in [-0.2, -0.15) is 0 Å². The minimum atomic E-state index is 0.369. The van der Waals surface area contributed by atoms with E-state index < -0.39 is 0 Å². The summed E-state index contributed by atoms with van der Waals surface area (Å²) in [4.78, 5) is 15.0. The van der Waals surface area contributed by atoms with Crippen molar-refractivity contribution in [3.8, 4) is 17.0 Å². The molecule has 0 aliphatic rings. The Labute approximate surface area is 104 Å². The van der Waals surface area contributed by atoms with Crippen molar-refractivity contribution in [1.82, 2.24) is 9.55 Å². The summed E-state index contributed by atoms with van der Waals surface area (Å²) < 4.78 is 7.02. The molecule has 5 heteroatoms. The van der Waals surface area contributed by atoms with Crippen molar-refractivity contribution in [2.24, 2.45) is 7.05 Å². The Morgan fingerprint density at radius 1 is 1.47 bits per heavy atom. The number of hydrogen-bond acceptors (Lipinski definition) is 3. The Morgan fingerprint density at radius 2 is 2.24 bits per heavy atom.